The first-order valence-electron chi connectivity index (χ1n) is 10.8. The summed E-state index contributed by atoms with van der Waals surface area (Å²) in [5, 5.41) is -0.165. The van der Waals surface area contributed by atoms with Crippen LogP contribution in [0.15, 0.2) is 28.6 Å². The first-order valence-corrected chi connectivity index (χ1v) is 12.8. The van der Waals surface area contributed by atoms with Gasteiger partial charge in [-0.25, -0.2) is 4.21 Å². The zero-order chi connectivity index (χ0) is 21.5. The van der Waals surface area contributed by atoms with Gasteiger partial charge in [0.25, 0.3) is 5.91 Å². The van der Waals surface area contributed by atoms with Crippen molar-refractivity contribution in [3.8, 4) is 0 Å². The molecular weight excluding hydrogens is 400 g/mol. The van der Waals surface area contributed by atoms with Gasteiger partial charge in [0.2, 0.25) is 5.91 Å². The average molecular weight is 433 g/mol. The first kappa shape index (κ1) is 21.5. The van der Waals surface area contributed by atoms with Gasteiger partial charge in [-0.2, -0.15) is 4.36 Å². The van der Waals surface area contributed by atoms with Gasteiger partial charge in [-0.3, -0.25) is 19.4 Å². The van der Waals surface area contributed by atoms with E-state index >= 15 is 0 Å². The number of amides is 2. The van der Waals surface area contributed by atoms with Gasteiger partial charge in [0, 0.05) is 62.4 Å². The Hall–Kier alpha value is -1.77. The Morgan fingerprint density at radius 2 is 1.70 bits per heavy atom. The summed E-state index contributed by atoms with van der Waals surface area (Å²) >= 11 is 0. The maximum absolute atomic E-state index is 13.2. The molecule has 4 fully saturated rings. The number of piperidine rings is 1. The van der Waals surface area contributed by atoms with E-state index in [-0.39, 0.29) is 17.2 Å². The van der Waals surface area contributed by atoms with Crippen molar-refractivity contribution in [2.75, 3.05) is 45.5 Å². The van der Waals surface area contributed by atoms with Crippen LogP contribution in [0.5, 0.6) is 0 Å². The minimum absolute atomic E-state index is 0.0511. The Morgan fingerprint density at radius 1 is 1.03 bits per heavy atom. The van der Waals surface area contributed by atoms with Crippen LogP contribution in [0.4, 0.5) is 0 Å². The molecule has 1 aromatic rings. The summed E-state index contributed by atoms with van der Waals surface area (Å²) in [5.74, 6) is -0.214. The molecule has 164 valence electrons. The molecule has 4 aliphatic heterocycles. The highest BCUT2D eigenvalue weighted by atomic mass is 32.2. The van der Waals surface area contributed by atoms with Crippen molar-refractivity contribution in [3.05, 3.63) is 35.4 Å². The van der Waals surface area contributed by atoms with Crippen molar-refractivity contribution in [3.63, 3.8) is 0 Å². The molecule has 0 spiro atoms. The number of piperazine rings is 3. The fraction of sp³-hybridized carbons (Fsp3) is 0.636. The number of carbonyl (C=O) groups excluding carboxylic acids is 2. The van der Waals surface area contributed by atoms with E-state index in [1.807, 2.05) is 24.0 Å². The largest absolute Gasteiger partial charge is 0.341 e. The molecule has 1 aromatic carbocycles. The molecule has 5 atom stereocenters. The number of hydrogen-bond acceptors (Lipinski definition) is 5. The van der Waals surface area contributed by atoms with Crippen LogP contribution < -0.4 is 0 Å². The summed E-state index contributed by atoms with van der Waals surface area (Å²) in [6, 6.07) is 7.71. The van der Waals surface area contributed by atoms with Gasteiger partial charge in [0.1, 0.15) is 6.04 Å². The lowest BCUT2D eigenvalue weighted by Gasteiger charge is -2.51. The minimum Gasteiger partial charge on any atom is -0.341 e. The Kier molecular flexibility index (Phi) is 6.01. The van der Waals surface area contributed by atoms with E-state index in [0.29, 0.717) is 37.5 Å². The molecule has 7 nitrogen and oxygen atoms in total. The Balaban J connectivity index is 1.39. The molecule has 4 saturated heterocycles. The van der Waals surface area contributed by atoms with E-state index in [0.717, 1.165) is 31.7 Å². The Morgan fingerprint density at radius 3 is 2.30 bits per heavy atom. The topological polar surface area (TPSA) is 73.3 Å². The smallest absolute Gasteiger partial charge is 0.285 e. The number of aryl methyl sites for hydroxylation is 1. The highest BCUT2D eigenvalue weighted by molar-refractivity contribution is 7.93. The highest BCUT2D eigenvalue weighted by Gasteiger charge is 2.42. The second-order valence-electron chi connectivity index (χ2n) is 8.95. The van der Waals surface area contributed by atoms with Crippen LogP contribution in [-0.4, -0.2) is 93.6 Å². The van der Waals surface area contributed by atoms with Gasteiger partial charge in [-0.15, -0.1) is 0 Å². The van der Waals surface area contributed by atoms with Gasteiger partial charge in [0.05, 0.1) is 9.73 Å². The van der Waals surface area contributed by atoms with E-state index in [2.05, 4.69) is 21.1 Å². The molecule has 4 aliphatic rings. The lowest BCUT2D eigenvalue weighted by atomic mass is 10.0. The predicted octanol–water partition coefficient (Wildman–Crippen LogP) is 1.61. The summed E-state index contributed by atoms with van der Waals surface area (Å²) in [4.78, 5) is 32.3. The van der Waals surface area contributed by atoms with Gasteiger partial charge < -0.3 is 4.90 Å². The predicted molar refractivity (Wildman–Crippen MR) is 118 cm³/mol. The molecule has 0 radical (unpaired) electrons. The van der Waals surface area contributed by atoms with Crippen molar-refractivity contribution < 1.29 is 13.8 Å². The van der Waals surface area contributed by atoms with E-state index in [1.54, 1.807) is 18.4 Å². The second kappa shape index (κ2) is 8.40. The molecule has 4 heterocycles. The van der Waals surface area contributed by atoms with Gasteiger partial charge in [-0.1, -0.05) is 18.2 Å². The van der Waals surface area contributed by atoms with E-state index in [1.165, 1.54) is 0 Å². The number of nitrogens with zero attached hydrogens (tertiary/aromatic N) is 4. The number of benzene rings is 1. The number of rotatable bonds is 3. The van der Waals surface area contributed by atoms with E-state index < -0.39 is 15.6 Å². The number of hydrogen-bond donors (Lipinski definition) is 0. The van der Waals surface area contributed by atoms with Crippen LogP contribution in [0, 0.1) is 6.92 Å². The lowest BCUT2D eigenvalue weighted by molar-refractivity contribution is -0.145. The quantitative estimate of drug-likeness (QED) is 0.726. The third-order valence-corrected chi connectivity index (χ3v) is 9.18. The molecule has 5 unspecified atom stereocenters. The van der Waals surface area contributed by atoms with E-state index in [9.17, 15) is 13.8 Å². The first-order chi connectivity index (χ1) is 14.3. The van der Waals surface area contributed by atoms with Crippen LogP contribution in [0.2, 0.25) is 0 Å². The molecule has 8 heteroatoms. The van der Waals surface area contributed by atoms with Crippen LogP contribution in [-0.2, 0) is 14.5 Å². The second-order valence-corrected chi connectivity index (χ2v) is 11.5. The molecule has 2 bridgehead atoms. The Labute approximate surface area is 179 Å². The molecule has 0 N–H and O–H groups in total. The SMILES string of the molecule is Cc1ccccc1C(=O)N=S(C)(=O)C1CCN(C(=O)C2CN3CCN2CC3C)CC1. The molecule has 0 aliphatic carbocycles. The molecule has 2 amide bonds. The minimum atomic E-state index is -2.67. The van der Waals surface area contributed by atoms with Crippen molar-refractivity contribution in [2.45, 2.75) is 44.0 Å². The van der Waals surface area contributed by atoms with Crippen molar-refractivity contribution in [1.82, 2.24) is 14.7 Å². The highest BCUT2D eigenvalue weighted by Crippen LogP contribution is 2.25. The summed E-state index contributed by atoms with van der Waals surface area (Å²) in [5.41, 5.74) is 1.34. The molecular formula is C22H32N4O3S. The average Bonchev–Trinajstić information content (AvgIpc) is 2.73. The fourth-order valence-electron chi connectivity index (χ4n) is 4.98. The van der Waals surface area contributed by atoms with Crippen molar-refractivity contribution in [2.24, 2.45) is 4.36 Å². The zero-order valence-electron chi connectivity index (χ0n) is 18.1. The third-order valence-electron chi connectivity index (χ3n) is 6.94. The molecule has 5 rings (SSSR count). The van der Waals surface area contributed by atoms with Crippen molar-refractivity contribution >= 4 is 21.5 Å². The maximum Gasteiger partial charge on any atom is 0.285 e. The number of carbonyl (C=O) groups is 2. The normalized spacial score (nSPS) is 31.2. The van der Waals surface area contributed by atoms with Crippen LogP contribution >= 0.6 is 0 Å². The molecule has 0 saturated carbocycles. The maximum atomic E-state index is 13.2. The lowest BCUT2D eigenvalue weighted by Crippen LogP contribution is -2.68. The third kappa shape index (κ3) is 4.18. The Bertz CT molecular complexity index is 947. The van der Waals surface area contributed by atoms with Gasteiger partial charge in [-0.05, 0) is 38.3 Å². The molecule has 0 aromatic heterocycles. The summed E-state index contributed by atoms with van der Waals surface area (Å²) in [7, 11) is -2.67. The summed E-state index contributed by atoms with van der Waals surface area (Å²) < 4.78 is 17.4. The van der Waals surface area contributed by atoms with Crippen LogP contribution in [0.25, 0.3) is 0 Å². The van der Waals surface area contributed by atoms with Gasteiger partial charge in [0.15, 0.2) is 0 Å². The molecule has 30 heavy (non-hydrogen) atoms. The van der Waals surface area contributed by atoms with Crippen molar-refractivity contribution in [1.29, 1.82) is 0 Å². The monoisotopic (exact) mass is 432 g/mol. The fourth-order valence-corrected chi connectivity index (χ4v) is 6.64. The van der Waals surface area contributed by atoms with E-state index in [4.69, 9.17) is 0 Å². The summed E-state index contributed by atoms with van der Waals surface area (Å²) in [6.07, 6.45) is 2.84. The summed E-state index contributed by atoms with van der Waals surface area (Å²) in [6.45, 7) is 9.01. The number of fused-ring (bicyclic) bond motifs is 3. The standard InChI is InChI=1S/C22H32N4O3S/c1-16-6-4-5-7-19(16)21(27)23-30(3,29)18-8-10-24(11-9-18)22(28)20-15-25-12-13-26(20)14-17(25)2/h4-7,17-18,20H,8-15H2,1-3H3. The number of likely N-dealkylation sites (tertiary alicyclic amines) is 1. The zero-order valence-corrected chi connectivity index (χ0v) is 18.9. The van der Waals surface area contributed by atoms with Gasteiger partial charge >= 0.3 is 0 Å². The van der Waals surface area contributed by atoms with Crippen LogP contribution in [0.3, 0.4) is 0 Å². The van der Waals surface area contributed by atoms with Crippen LogP contribution in [0.1, 0.15) is 35.7 Å².